The molecule has 0 fully saturated rings. The molecule has 2 aromatic carbocycles. The van der Waals surface area contributed by atoms with E-state index in [1.807, 2.05) is 48.5 Å². The van der Waals surface area contributed by atoms with Crippen molar-refractivity contribution >= 4 is 15.9 Å². The van der Waals surface area contributed by atoms with Crippen LogP contribution in [0.2, 0.25) is 0 Å². The Kier molecular flexibility index (Phi) is 6.21. The highest BCUT2D eigenvalue weighted by Gasteiger charge is 2.22. The predicted octanol–water partition coefficient (Wildman–Crippen LogP) is 1.94. The zero-order chi connectivity index (χ0) is 20.1. The van der Waals surface area contributed by atoms with Crippen LogP contribution in [0, 0.1) is 0 Å². The number of fused-ring (bicyclic) bond motifs is 1. The van der Waals surface area contributed by atoms with E-state index in [0.717, 1.165) is 15.4 Å². The number of carbonyl (C=O) groups is 1. The lowest BCUT2D eigenvalue weighted by Gasteiger charge is -2.18. The third kappa shape index (κ3) is 4.82. The van der Waals surface area contributed by atoms with Gasteiger partial charge in [0.15, 0.2) is 11.5 Å². The smallest absolute Gasteiger partial charge is 0.231 e. The van der Waals surface area contributed by atoms with Crippen molar-refractivity contribution in [3.8, 4) is 11.5 Å². The number of carbonyl (C=O) groups excluding carboxylic acids is 1. The first-order valence-electron chi connectivity index (χ1n) is 8.98. The summed E-state index contributed by atoms with van der Waals surface area (Å²) < 4.78 is 35.6. The van der Waals surface area contributed by atoms with Gasteiger partial charge in [-0.15, -0.1) is 0 Å². The molecule has 8 heteroatoms. The second-order valence-electron chi connectivity index (χ2n) is 6.73. The van der Waals surface area contributed by atoms with Crippen LogP contribution in [0.25, 0.3) is 0 Å². The fraction of sp³-hybridized carbons (Fsp3) is 0.350. The molecule has 0 aromatic heterocycles. The maximum atomic E-state index is 12.5. The van der Waals surface area contributed by atoms with Crippen LogP contribution in [0.15, 0.2) is 48.5 Å². The number of nitrogens with zero attached hydrogens (tertiary/aromatic N) is 1. The van der Waals surface area contributed by atoms with E-state index in [0.29, 0.717) is 11.5 Å². The molecule has 1 atom stereocenters. The van der Waals surface area contributed by atoms with Gasteiger partial charge in [-0.1, -0.05) is 36.4 Å². The monoisotopic (exact) mass is 404 g/mol. The molecule has 1 aliphatic heterocycles. The Bertz CT molecular complexity index is 929. The topological polar surface area (TPSA) is 84.9 Å². The molecule has 2 aromatic rings. The first kappa shape index (κ1) is 20.2. The average Bonchev–Trinajstić information content (AvgIpc) is 3.14. The summed E-state index contributed by atoms with van der Waals surface area (Å²) in [6.45, 7) is 0.262. The van der Waals surface area contributed by atoms with Crippen molar-refractivity contribution in [1.82, 2.24) is 9.62 Å². The van der Waals surface area contributed by atoms with E-state index in [-0.39, 0.29) is 37.3 Å². The molecule has 3 rings (SSSR count). The maximum absolute atomic E-state index is 12.5. The van der Waals surface area contributed by atoms with Crippen molar-refractivity contribution in [3.05, 3.63) is 59.7 Å². The van der Waals surface area contributed by atoms with Crippen molar-refractivity contribution < 1.29 is 22.7 Å². The number of rotatable bonds is 8. The normalized spacial score (nSPS) is 14.1. The van der Waals surface area contributed by atoms with Gasteiger partial charge in [0.2, 0.25) is 22.7 Å². The van der Waals surface area contributed by atoms with Crippen molar-refractivity contribution in [2.45, 2.75) is 12.3 Å². The molecule has 0 saturated carbocycles. The molecule has 1 amide bonds. The molecule has 1 aliphatic rings. The van der Waals surface area contributed by atoms with Crippen molar-refractivity contribution in [3.63, 3.8) is 0 Å². The molecule has 1 heterocycles. The molecule has 0 spiro atoms. The lowest BCUT2D eigenvalue weighted by molar-refractivity contribution is -0.121. The van der Waals surface area contributed by atoms with Gasteiger partial charge < -0.3 is 14.8 Å². The predicted molar refractivity (Wildman–Crippen MR) is 106 cm³/mol. The third-order valence-electron chi connectivity index (χ3n) is 4.63. The average molecular weight is 404 g/mol. The Morgan fingerprint density at radius 2 is 1.79 bits per heavy atom. The quantitative estimate of drug-likeness (QED) is 0.727. The second-order valence-corrected chi connectivity index (χ2v) is 9.03. The molecule has 1 unspecified atom stereocenters. The number of hydrogen-bond donors (Lipinski definition) is 1. The van der Waals surface area contributed by atoms with Gasteiger partial charge in [0.1, 0.15) is 0 Å². The zero-order valence-electron chi connectivity index (χ0n) is 15.9. The number of ether oxygens (including phenoxy) is 2. The van der Waals surface area contributed by atoms with Gasteiger partial charge in [0.25, 0.3) is 0 Å². The van der Waals surface area contributed by atoms with Gasteiger partial charge in [-0.05, 0) is 23.3 Å². The second kappa shape index (κ2) is 8.62. The number of benzene rings is 2. The Hall–Kier alpha value is -2.58. The first-order valence-corrected chi connectivity index (χ1v) is 10.6. The summed E-state index contributed by atoms with van der Waals surface area (Å²) >= 11 is 0. The SMILES string of the molecule is CN(C)S(=O)(=O)CCNC(=O)CC(c1ccccc1)c1ccc2c(c1)OCO2. The minimum absolute atomic E-state index is 0.0714. The van der Waals surface area contributed by atoms with E-state index < -0.39 is 10.0 Å². The van der Waals surface area contributed by atoms with Crippen molar-refractivity contribution in [2.24, 2.45) is 0 Å². The van der Waals surface area contributed by atoms with Gasteiger partial charge >= 0.3 is 0 Å². The van der Waals surface area contributed by atoms with Crippen LogP contribution >= 0.6 is 0 Å². The molecule has 150 valence electrons. The summed E-state index contributed by atoms with van der Waals surface area (Å²) in [4.78, 5) is 12.5. The summed E-state index contributed by atoms with van der Waals surface area (Å²) in [6, 6.07) is 15.4. The van der Waals surface area contributed by atoms with E-state index in [1.165, 1.54) is 14.1 Å². The molecule has 1 N–H and O–H groups in total. The molecular formula is C20H24N2O5S. The summed E-state index contributed by atoms with van der Waals surface area (Å²) in [5, 5.41) is 2.72. The van der Waals surface area contributed by atoms with Crippen LogP contribution in [0.1, 0.15) is 23.5 Å². The van der Waals surface area contributed by atoms with Crippen LogP contribution in [-0.4, -0.2) is 51.8 Å². The fourth-order valence-electron chi connectivity index (χ4n) is 3.00. The lowest BCUT2D eigenvalue weighted by atomic mass is 9.88. The number of sulfonamides is 1. The van der Waals surface area contributed by atoms with E-state index >= 15 is 0 Å². The summed E-state index contributed by atoms with van der Waals surface area (Å²) in [5.41, 5.74) is 1.93. The van der Waals surface area contributed by atoms with E-state index in [9.17, 15) is 13.2 Å². The highest BCUT2D eigenvalue weighted by Crippen LogP contribution is 2.37. The number of hydrogen-bond acceptors (Lipinski definition) is 5. The van der Waals surface area contributed by atoms with Gasteiger partial charge in [0, 0.05) is 33.0 Å². The van der Waals surface area contributed by atoms with Crippen molar-refractivity contribution in [1.29, 1.82) is 0 Å². The molecule has 0 aliphatic carbocycles. The minimum Gasteiger partial charge on any atom is -0.454 e. The zero-order valence-corrected chi connectivity index (χ0v) is 16.7. The molecule has 28 heavy (non-hydrogen) atoms. The van der Waals surface area contributed by atoms with Crippen LogP contribution in [-0.2, 0) is 14.8 Å². The Labute approximate surface area is 165 Å². The van der Waals surface area contributed by atoms with Gasteiger partial charge in [-0.25, -0.2) is 12.7 Å². The number of nitrogens with one attached hydrogen (secondary N) is 1. The van der Waals surface area contributed by atoms with Crippen LogP contribution in [0.3, 0.4) is 0 Å². The molecule has 0 bridgehead atoms. The van der Waals surface area contributed by atoms with E-state index in [1.54, 1.807) is 0 Å². The standard InChI is InChI=1S/C20H24N2O5S/c1-22(2)28(24,25)11-10-21-20(23)13-17(15-6-4-3-5-7-15)16-8-9-18-19(12-16)27-14-26-18/h3-9,12,17H,10-11,13-14H2,1-2H3,(H,21,23). The maximum Gasteiger partial charge on any atom is 0.231 e. The van der Waals surface area contributed by atoms with Gasteiger partial charge in [0.05, 0.1) is 5.75 Å². The van der Waals surface area contributed by atoms with Gasteiger partial charge in [-0.2, -0.15) is 0 Å². The fourth-order valence-corrected chi connectivity index (χ4v) is 3.73. The van der Waals surface area contributed by atoms with E-state index in [4.69, 9.17) is 9.47 Å². The molecule has 0 saturated heterocycles. The number of amides is 1. The lowest BCUT2D eigenvalue weighted by Crippen LogP contribution is -2.34. The highest BCUT2D eigenvalue weighted by atomic mass is 32.2. The molecule has 0 radical (unpaired) electrons. The Morgan fingerprint density at radius 1 is 1.07 bits per heavy atom. The summed E-state index contributed by atoms with van der Waals surface area (Å²) in [6.07, 6.45) is 0.200. The molecule has 7 nitrogen and oxygen atoms in total. The van der Waals surface area contributed by atoms with Gasteiger partial charge in [-0.3, -0.25) is 4.79 Å². The molecular weight excluding hydrogens is 380 g/mol. The minimum atomic E-state index is -3.35. The summed E-state index contributed by atoms with van der Waals surface area (Å²) in [7, 11) is -0.396. The van der Waals surface area contributed by atoms with Crippen LogP contribution < -0.4 is 14.8 Å². The van der Waals surface area contributed by atoms with E-state index in [2.05, 4.69) is 5.32 Å². The summed E-state index contributed by atoms with van der Waals surface area (Å²) in [5.74, 6) is 0.831. The van der Waals surface area contributed by atoms with Crippen LogP contribution in [0.4, 0.5) is 0 Å². The first-order chi connectivity index (χ1) is 13.4. The highest BCUT2D eigenvalue weighted by molar-refractivity contribution is 7.89. The largest absolute Gasteiger partial charge is 0.454 e. The third-order valence-corrected chi connectivity index (χ3v) is 6.46. The van der Waals surface area contributed by atoms with Crippen LogP contribution in [0.5, 0.6) is 11.5 Å². The van der Waals surface area contributed by atoms with Crippen molar-refractivity contribution in [2.75, 3.05) is 33.2 Å². The Morgan fingerprint density at radius 3 is 2.50 bits per heavy atom. The Balaban J connectivity index is 1.72.